The van der Waals surface area contributed by atoms with E-state index in [1.165, 1.54) is 0 Å². The second-order valence-electron chi connectivity index (χ2n) is 5.72. The Balaban J connectivity index is 1.80. The van der Waals surface area contributed by atoms with Gasteiger partial charge >= 0.3 is 6.01 Å². The third kappa shape index (κ3) is 4.02. The smallest absolute Gasteiger partial charge is 0.322 e. The molecule has 0 unspecified atom stereocenters. The summed E-state index contributed by atoms with van der Waals surface area (Å²) in [6.07, 6.45) is 1.62. The summed E-state index contributed by atoms with van der Waals surface area (Å²) < 4.78 is 9.56. The van der Waals surface area contributed by atoms with Crippen LogP contribution in [0.1, 0.15) is 40.1 Å². The van der Waals surface area contributed by atoms with E-state index in [2.05, 4.69) is 24.9 Å². The summed E-state index contributed by atoms with van der Waals surface area (Å²) in [4.78, 5) is 21.8. The molecule has 1 N–H and O–H groups in total. The van der Waals surface area contributed by atoms with E-state index in [1.807, 2.05) is 37.3 Å². The summed E-state index contributed by atoms with van der Waals surface area (Å²) in [5.74, 6) is 0.415. The molecule has 26 heavy (non-hydrogen) atoms. The molecule has 0 saturated carbocycles. The highest BCUT2D eigenvalue weighted by atomic mass is 32.1. The van der Waals surface area contributed by atoms with Gasteiger partial charge in [-0.05, 0) is 43.9 Å². The van der Waals surface area contributed by atoms with Crippen molar-refractivity contribution >= 4 is 23.1 Å². The van der Waals surface area contributed by atoms with Gasteiger partial charge in [0, 0.05) is 0 Å². The number of aromatic nitrogens is 4. The fourth-order valence-electron chi connectivity index (χ4n) is 2.46. The molecule has 0 bridgehead atoms. The van der Waals surface area contributed by atoms with Crippen molar-refractivity contribution in [1.82, 2.24) is 19.6 Å². The lowest BCUT2D eigenvalue weighted by atomic mass is 10.2. The minimum absolute atomic E-state index is 0.241. The number of para-hydroxylation sites is 1. The van der Waals surface area contributed by atoms with E-state index in [9.17, 15) is 4.79 Å². The number of carbonyl (C=O) groups is 1. The predicted molar refractivity (Wildman–Crippen MR) is 99.9 cm³/mol. The molecule has 0 aliphatic heterocycles. The maximum atomic E-state index is 12.6. The number of benzene rings is 1. The van der Waals surface area contributed by atoms with Crippen molar-refractivity contribution in [3.05, 3.63) is 52.3 Å². The molecular weight excluding hydrogens is 350 g/mol. The molecule has 0 fully saturated rings. The summed E-state index contributed by atoms with van der Waals surface area (Å²) in [5.41, 5.74) is 2.55. The zero-order valence-corrected chi connectivity index (χ0v) is 15.6. The number of amides is 1. The molecule has 8 heteroatoms. The molecule has 2 heterocycles. The number of rotatable bonds is 6. The summed E-state index contributed by atoms with van der Waals surface area (Å²) in [6.45, 7) is 5.65. The maximum absolute atomic E-state index is 12.6. The van der Waals surface area contributed by atoms with Gasteiger partial charge in [-0.15, -0.1) is 5.10 Å². The molecule has 0 saturated heterocycles. The van der Waals surface area contributed by atoms with Crippen molar-refractivity contribution in [2.45, 2.75) is 33.6 Å². The van der Waals surface area contributed by atoms with E-state index in [-0.39, 0.29) is 11.9 Å². The highest BCUT2D eigenvalue weighted by Crippen LogP contribution is 2.24. The van der Waals surface area contributed by atoms with Gasteiger partial charge in [0.15, 0.2) is 0 Å². The number of nitrogens with one attached hydrogen (secondary N) is 1. The molecule has 7 nitrogen and oxygen atoms in total. The van der Waals surface area contributed by atoms with Gasteiger partial charge in [0.25, 0.3) is 5.91 Å². The summed E-state index contributed by atoms with van der Waals surface area (Å²) >= 11 is 1.09. The Morgan fingerprint density at radius 2 is 1.85 bits per heavy atom. The largest absolute Gasteiger partial charge is 0.424 e. The van der Waals surface area contributed by atoms with Crippen molar-refractivity contribution in [2.24, 2.45) is 0 Å². The van der Waals surface area contributed by atoms with E-state index in [4.69, 9.17) is 4.74 Å². The molecule has 0 atom stereocenters. The van der Waals surface area contributed by atoms with E-state index >= 15 is 0 Å². The summed E-state index contributed by atoms with van der Waals surface area (Å²) in [6, 6.07) is 9.56. The van der Waals surface area contributed by atoms with Gasteiger partial charge in [-0.3, -0.25) is 4.79 Å². The molecule has 134 valence electrons. The van der Waals surface area contributed by atoms with E-state index < -0.39 is 0 Å². The standard InChI is InChI=1S/C18H19N5O2S/c1-4-8-14-16(26-23-22-14)17(24)21-15-11(2)19-18(20-12(15)3)25-13-9-6-5-7-10-13/h5-7,9-10H,4,8H2,1-3H3,(H,21,24). The van der Waals surface area contributed by atoms with Gasteiger partial charge in [0.2, 0.25) is 0 Å². The van der Waals surface area contributed by atoms with Crippen LogP contribution < -0.4 is 10.1 Å². The van der Waals surface area contributed by atoms with Crippen LogP contribution in [0.2, 0.25) is 0 Å². The lowest BCUT2D eigenvalue weighted by molar-refractivity contribution is 0.102. The van der Waals surface area contributed by atoms with Crippen LogP contribution >= 0.6 is 11.5 Å². The number of carbonyl (C=O) groups excluding carboxylic acids is 1. The van der Waals surface area contributed by atoms with Crippen molar-refractivity contribution in [1.29, 1.82) is 0 Å². The molecule has 3 aromatic rings. The first kappa shape index (κ1) is 17.9. The first-order valence-corrected chi connectivity index (χ1v) is 9.06. The topological polar surface area (TPSA) is 89.9 Å². The first-order chi connectivity index (χ1) is 12.6. The zero-order chi connectivity index (χ0) is 18.5. The SMILES string of the molecule is CCCc1nnsc1C(=O)Nc1c(C)nc(Oc2ccccc2)nc1C. The normalized spacial score (nSPS) is 10.6. The van der Waals surface area contributed by atoms with Gasteiger partial charge in [-0.1, -0.05) is 36.0 Å². The maximum Gasteiger partial charge on any atom is 0.322 e. The molecule has 2 aromatic heterocycles. The number of hydrogen-bond acceptors (Lipinski definition) is 7. The van der Waals surface area contributed by atoms with Crippen LogP contribution in [0.5, 0.6) is 11.8 Å². The third-order valence-corrected chi connectivity index (χ3v) is 4.46. The van der Waals surface area contributed by atoms with E-state index in [1.54, 1.807) is 13.8 Å². The van der Waals surface area contributed by atoms with Gasteiger partial charge in [-0.2, -0.15) is 9.97 Å². The number of nitrogens with zero attached hydrogens (tertiary/aromatic N) is 4. The molecule has 0 aliphatic rings. The Kier molecular flexibility index (Phi) is 5.52. The van der Waals surface area contributed by atoms with Crippen LogP contribution in [-0.4, -0.2) is 25.5 Å². The molecule has 1 amide bonds. The second kappa shape index (κ2) is 8.01. The first-order valence-electron chi connectivity index (χ1n) is 8.29. The predicted octanol–water partition coefficient (Wildman–Crippen LogP) is 3.94. The van der Waals surface area contributed by atoms with Crippen molar-refractivity contribution in [3.8, 4) is 11.8 Å². The van der Waals surface area contributed by atoms with Crippen LogP contribution in [0.3, 0.4) is 0 Å². The number of aryl methyl sites for hydroxylation is 3. The van der Waals surface area contributed by atoms with Crippen LogP contribution in [0.4, 0.5) is 5.69 Å². The lowest BCUT2D eigenvalue weighted by Crippen LogP contribution is -2.15. The molecular formula is C18H19N5O2S. The summed E-state index contributed by atoms with van der Waals surface area (Å²) in [7, 11) is 0. The van der Waals surface area contributed by atoms with Gasteiger partial charge in [-0.25, -0.2) is 0 Å². The molecule has 0 radical (unpaired) electrons. The molecule has 1 aromatic carbocycles. The van der Waals surface area contributed by atoms with Crippen molar-refractivity contribution < 1.29 is 9.53 Å². The molecule has 0 spiro atoms. The Hall–Kier alpha value is -2.87. The fraction of sp³-hybridized carbons (Fsp3) is 0.278. The van der Waals surface area contributed by atoms with Crippen molar-refractivity contribution in [2.75, 3.05) is 5.32 Å². The Labute approximate surface area is 155 Å². The van der Waals surface area contributed by atoms with Crippen LogP contribution in [0.15, 0.2) is 30.3 Å². The van der Waals surface area contributed by atoms with Gasteiger partial charge in [0.1, 0.15) is 10.6 Å². The Morgan fingerprint density at radius 3 is 2.50 bits per heavy atom. The molecule has 0 aliphatic carbocycles. The number of ether oxygens (including phenoxy) is 1. The van der Waals surface area contributed by atoms with E-state index in [0.717, 1.165) is 30.1 Å². The van der Waals surface area contributed by atoms with Gasteiger partial charge < -0.3 is 10.1 Å². The quantitative estimate of drug-likeness (QED) is 0.708. The van der Waals surface area contributed by atoms with Crippen LogP contribution in [-0.2, 0) is 6.42 Å². The average Bonchev–Trinajstić information content (AvgIpc) is 3.08. The highest BCUT2D eigenvalue weighted by molar-refractivity contribution is 7.08. The zero-order valence-electron chi connectivity index (χ0n) is 14.8. The summed E-state index contributed by atoms with van der Waals surface area (Å²) in [5, 5.41) is 6.91. The minimum Gasteiger partial charge on any atom is -0.424 e. The van der Waals surface area contributed by atoms with Crippen LogP contribution in [0, 0.1) is 13.8 Å². The second-order valence-corrected chi connectivity index (χ2v) is 6.47. The monoisotopic (exact) mass is 369 g/mol. The number of hydrogen-bond donors (Lipinski definition) is 1. The van der Waals surface area contributed by atoms with Crippen molar-refractivity contribution in [3.63, 3.8) is 0 Å². The van der Waals surface area contributed by atoms with Crippen LogP contribution in [0.25, 0.3) is 0 Å². The van der Waals surface area contributed by atoms with Gasteiger partial charge in [0.05, 0.1) is 22.8 Å². The fourth-order valence-corrected chi connectivity index (χ4v) is 3.06. The van der Waals surface area contributed by atoms with E-state index in [0.29, 0.717) is 27.7 Å². The molecule has 3 rings (SSSR count). The minimum atomic E-state index is -0.241. The highest BCUT2D eigenvalue weighted by Gasteiger charge is 2.19. The number of anilines is 1. The lowest BCUT2D eigenvalue weighted by Gasteiger charge is -2.12. The third-order valence-electron chi connectivity index (χ3n) is 3.69. The Bertz CT molecular complexity index is 888. The Morgan fingerprint density at radius 1 is 1.15 bits per heavy atom. The average molecular weight is 369 g/mol.